The smallest absolute Gasteiger partial charge is 0.131 e. The van der Waals surface area contributed by atoms with Gasteiger partial charge in [0.15, 0.2) is 0 Å². The second-order valence-corrected chi connectivity index (χ2v) is 5.81. The number of ether oxygens (including phenoxy) is 3. The van der Waals surface area contributed by atoms with Crippen LogP contribution in [0.4, 0.5) is 0 Å². The molecule has 0 saturated heterocycles. The third-order valence-corrected chi connectivity index (χ3v) is 4.13. The van der Waals surface area contributed by atoms with Gasteiger partial charge in [-0.25, -0.2) is 0 Å². The summed E-state index contributed by atoms with van der Waals surface area (Å²) in [6.45, 7) is 0.902. The van der Waals surface area contributed by atoms with Crippen molar-refractivity contribution in [3.8, 4) is 11.5 Å². The Bertz CT molecular complexity index is 843. The normalized spacial score (nSPS) is 10.8. The highest BCUT2D eigenvalue weighted by atomic mass is 16.5. The lowest BCUT2D eigenvalue weighted by Gasteiger charge is -2.16. The predicted octanol–water partition coefficient (Wildman–Crippen LogP) is 4.07. The molecular formula is C21H22O4. The summed E-state index contributed by atoms with van der Waals surface area (Å²) >= 11 is 0. The van der Waals surface area contributed by atoms with Crippen molar-refractivity contribution >= 4 is 10.8 Å². The quantitative estimate of drug-likeness (QED) is 0.705. The topological polar surface area (TPSA) is 47.9 Å². The molecule has 0 aromatic heterocycles. The van der Waals surface area contributed by atoms with E-state index in [9.17, 15) is 5.11 Å². The molecule has 0 radical (unpaired) electrons. The van der Waals surface area contributed by atoms with Gasteiger partial charge in [-0.3, -0.25) is 0 Å². The Hall–Kier alpha value is -2.56. The van der Waals surface area contributed by atoms with Crippen molar-refractivity contribution in [3.63, 3.8) is 0 Å². The number of fused-ring (bicyclic) bond motifs is 1. The van der Waals surface area contributed by atoms with E-state index >= 15 is 0 Å². The van der Waals surface area contributed by atoms with E-state index in [1.165, 1.54) is 0 Å². The van der Waals surface area contributed by atoms with Gasteiger partial charge in [-0.15, -0.1) is 0 Å². The monoisotopic (exact) mass is 338 g/mol. The fourth-order valence-corrected chi connectivity index (χ4v) is 2.93. The highest BCUT2D eigenvalue weighted by molar-refractivity contribution is 5.96. The van der Waals surface area contributed by atoms with Crippen molar-refractivity contribution in [2.24, 2.45) is 0 Å². The number of rotatable bonds is 7. The van der Waals surface area contributed by atoms with Crippen molar-refractivity contribution < 1.29 is 19.3 Å². The van der Waals surface area contributed by atoms with Crippen LogP contribution in [0.15, 0.2) is 54.6 Å². The molecule has 0 aliphatic heterocycles. The summed E-state index contributed by atoms with van der Waals surface area (Å²) in [5, 5.41) is 11.5. The predicted molar refractivity (Wildman–Crippen MR) is 97.9 cm³/mol. The van der Waals surface area contributed by atoms with E-state index in [1.54, 1.807) is 14.2 Å². The Balaban J connectivity index is 2.06. The highest BCUT2D eigenvalue weighted by Gasteiger charge is 2.14. The van der Waals surface area contributed by atoms with Gasteiger partial charge in [-0.05, 0) is 40.3 Å². The highest BCUT2D eigenvalue weighted by Crippen LogP contribution is 2.38. The first-order chi connectivity index (χ1) is 12.3. The second-order valence-electron chi connectivity index (χ2n) is 5.81. The molecule has 25 heavy (non-hydrogen) atoms. The maximum atomic E-state index is 9.71. The molecule has 0 bridgehead atoms. The Kier molecular flexibility index (Phi) is 5.53. The van der Waals surface area contributed by atoms with Crippen LogP contribution in [0.25, 0.3) is 10.8 Å². The van der Waals surface area contributed by atoms with Gasteiger partial charge in [0.05, 0.1) is 25.7 Å². The number of hydrogen-bond acceptors (Lipinski definition) is 4. The molecule has 0 unspecified atom stereocenters. The molecule has 0 aliphatic rings. The van der Waals surface area contributed by atoms with Crippen LogP contribution in [0, 0.1) is 0 Å². The average molecular weight is 338 g/mol. The van der Waals surface area contributed by atoms with E-state index < -0.39 is 0 Å². The standard InChI is InChI=1S/C21H22O4/c1-23-13-16-10-18-17(12-22)8-9-19(21(18)20(11-16)24-2)25-14-15-6-4-3-5-7-15/h3-11,22H,12-14H2,1-2H3. The number of methoxy groups -OCH3 is 2. The SMILES string of the molecule is COCc1cc(OC)c2c(OCc3ccccc3)ccc(CO)c2c1. The zero-order valence-electron chi connectivity index (χ0n) is 14.5. The summed E-state index contributed by atoms with van der Waals surface area (Å²) in [5.74, 6) is 1.44. The van der Waals surface area contributed by atoms with E-state index in [0.29, 0.717) is 19.0 Å². The van der Waals surface area contributed by atoms with Crippen LogP contribution in [-0.4, -0.2) is 19.3 Å². The summed E-state index contributed by atoms with van der Waals surface area (Å²) in [5.41, 5.74) is 2.91. The molecule has 1 N–H and O–H groups in total. The Morgan fingerprint density at radius 2 is 1.64 bits per heavy atom. The molecule has 0 atom stereocenters. The van der Waals surface area contributed by atoms with Gasteiger partial charge < -0.3 is 19.3 Å². The van der Waals surface area contributed by atoms with Crippen molar-refractivity contribution in [3.05, 3.63) is 71.3 Å². The first kappa shape index (κ1) is 17.3. The fourth-order valence-electron chi connectivity index (χ4n) is 2.93. The lowest BCUT2D eigenvalue weighted by molar-refractivity contribution is 0.184. The van der Waals surface area contributed by atoms with Crippen LogP contribution < -0.4 is 9.47 Å². The molecule has 130 valence electrons. The molecule has 0 heterocycles. The van der Waals surface area contributed by atoms with Gasteiger partial charge in [-0.1, -0.05) is 36.4 Å². The molecule has 0 aliphatic carbocycles. The number of aliphatic hydroxyl groups is 1. The lowest BCUT2D eigenvalue weighted by atomic mass is 10.0. The molecule has 0 spiro atoms. The van der Waals surface area contributed by atoms with Crippen LogP contribution >= 0.6 is 0 Å². The van der Waals surface area contributed by atoms with Gasteiger partial charge in [0.2, 0.25) is 0 Å². The molecule has 3 aromatic carbocycles. The van der Waals surface area contributed by atoms with Gasteiger partial charge in [0.25, 0.3) is 0 Å². The van der Waals surface area contributed by atoms with Gasteiger partial charge in [-0.2, -0.15) is 0 Å². The summed E-state index contributed by atoms with van der Waals surface area (Å²) < 4.78 is 16.9. The summed E-state index contributed by atoms with van der Waals surface area (Å²) in [6, 6.07) is 17.7. The molecular weight excluding hydrogens is 316 g/mol. The Morgan fingerprint density at radius 1 is 0.840 bits per heavy atom. The minimum absolute atomic E-state index is 0.0466. The minimum atomic E-state index is -0.0466. The van der Waals surface area contributed by atoms with Crippen LogP contribution in [0.2, 0.25) is 0 Å². The first-order valence-corrected chi connectivity index (χ1v) is 8.16. The lowest BCUT2D eigenvalue weighted by Crippen LogP contribution is -2.00. The maximum absolute atomic E-state index is 9.71. The summed E-state index contributed by atoms with van der Waals surface area (Å²) in [4.78, 5) is 0. The summed E-state index contributed by atoms with van der Waals surface area (Å²) in [6.07, 6.45) is 0. The van der Waals surface area contributed by atoms with Crippen molar-refractivity contribution in [2.75, 3.05) is 14.2 Å². The molecule has 3 aromatic rings. The van der Waals surface area contributed by atoms with E-state index in [2.05, 4.69) is 0 Å². The molecule has 0 fully saturated rings. The van der Waals surface area contributed by atoms with E-state index in [0.717, 1.165) is 33.2 Å². The van der Waals surface area contributed by atoms with Gasteiger partial charge >= 0.3 is 0 Å². The van der Waals surface area contributed by atoms with Gasteiger partial charge in [0.1, 0.15) is 18.1 Å². The van der Waals surface area contributed by atoms with E-state index in [4.69, 9.17) is 14.2 Å². The minimum Gasteiger partial charge on any atom is -0.496 e. The first-order valence-electron chi connectivity index (χ1n) is 8.16. The van der Waals surface area contributed by atoms with Crippen molar-refractivity contribution in [2.45, 2.75) is 19.8 Å². The van der Waals surface area contributed by atoms with Crippen LogP contribution in [0.5, 0.6) is 11.5 Å². The number of hydrogen-bond donors (Lipinski definition) is 1. The Morgan fingerprint density at radius 3 is 2.32 bits per heavy atom. The third-order valence-electron chi connectivity index (χ3n) is 4.13. The third kappa shape index (κ3) is 3.76. The molecule has 0 saturated carbocycles. The van der Waals surface area contributed by atoms with E-state index in [1.807, 2.05) is 54.6 Å². The summed E-state index contributed by atoms with van der Waals surface area (Å²) in [7, 11) is 3.29. The van der Waals surface area contributed by atoms with Crippen molar-refractivity contribution in [1.82, 2.24) is 0 Å². The number of aliphatic hydroxyl groups excluding tert-OH is 1. The van der Waals surface area contributed by atoms with Crippen LogP contribution in [0.1, 0.15) is 16.7 Å². The molecule has 0 amide bonds. The number of benzene rings is 3. The van der Waals surface area contributed by atoms with E-state index in [-0.39, 0.29) is 6.61 Å². The Labute approximate surface area is 147 Å². The van der Waals surface area contributed by atoms with Gasteiger partial charge in [0, 0.05) is 7.11 Å². The van der Waals surface area contributed by atoms with Crippen LogP contribution in [-0.2, 0) is 24.6 Å². The zero-order chi connectivity index (χ0) is 17.6. The largest absolute Gasteiger partial charge is 0.496 e. The second kappa shape index (κ2) is 8.01. The molecule has 3 rings (SSSR count). The fraction of sp³-hybridized carbons (Fsp3) is 0.238. The molecule has 4 nitrogen and oxygen atoms in total. The van der Waals surface area contributed by atoms with Crippen LogP contribution in [0.3, 0.4) is 0 Å². The zero-order valence-corrected chi connectivity index (χ0v) is 14.5. The van der Waals surface area contributed by atoms with Crippen molar-refractivity contribution in [1.29, 1.82) is 0 Å². The molecule has 4 heteroatoms. The maximum Gasteiger partial charge on any atom is 0.131 e. The average Bonchev–Trinajstić information content (AvgIpc) is 2.66.